The lowest BCUT2D eigenvalue weighted by Gasteiger charge is -2.12. The molecule has 0 saturated heterocycles. The van der Waals surface area contributed by atoms with Crippen LogP contribution in [-0.2, 0) is 17.8 Å². The van der Waals surface area contributed by atoms with E-state index in [4.69, 9.17) is 25.8 Å². The zero-order valence-corrected chi connectivity index (χ0v) is 17.4. The first kappa shape index (κ1) is 19.8. The van der Waals surface area contributed by atoms with E-state index >= 15 is 0 Å². The molecule has 144 valence electrons. The fraction of sp³-hybridized carbons (Fsp3) is 0.350. The van der Waals surface area contributed by atoms with Crippen molar-refractivity contribution in [1.29, 1.82) is 0 Å². The van der Waals surface area contributed by atoms with E-state index in [0.29, 0.717) is 49.1 Å². The van der Waals surface area contributed by atoms with Crippen LogP contribution in [0.5, 0.6) is 17.2 Å². The molecule has 5 nitrogen and oxygen atoms in total. The molecule has 0 aromatic heterocycles. The third-order valence-electron chi connectivity index (χ3n) is 4.21. The van der Waals surface area contributed by atoms with Crippen molar-refractivity contribution < 1.29 is 19.0 Å². The number of amides is 1. The van der Waals surface area contributed by atoms with Gasteiger partial charge in [0, 0.05) is 19.4 Å². The van der Waals surface area contributed by atoms with Crippen LogP contribution in [0.1, 0.15) is 24.0 Å². The van der Waals surface area contributed by atoms with Gasteiger partial charge >= 0.3 is 0 Å². The number of hydrogen-bond acceptors (Lipinski definition) is 4. The number of methoxy groups -OCH3 is 1. The second-order valence-corrected chi connectivity index (χ2v) is 7.46. The maximum Gasteiger partial charge on any atom is 0.220 e. The van der Waals surface area contributed by atoms with E-state index in [1.807, 2.05) is 24.3 Å². The first-order valence-electron chi connectivity index (χ1n) is 8.74. The molecule has 0 radical (unpaired) electrons. The standard InChI is InChI=1S/C20H21BrClNO4/c1-25-17-5-3-13(9-15(17)21)4-6-19(24)23-12-14-10-16(22)20-18(11-14)26-7-2-8-27-20/h3,5,9-11H,2,4,6-8,12H2,1H3,(H,23,24). The van der Waals surface area contributed by atoms with E-state index in [1.165, 1.54) is 0 Å². The van der Waals surface area contributed by atoms with Gasteiger partial charge in [0.1, 0.15) is 5.75 Å². The van der Waals surface area contributed by atoms with E-state index in [-0.39, 0.29) is 5.91 Å². The molecule has 3 rings (SSSR count). The minimum absolute atomic E-state index is 0.0230. The van der Waals surface area contributed by atoms with Crippen molar-refractivity contribution in [2.45, 2.75) is 25.8 Å². The summed E-state index contributed by atoms with van der Waals surface area (Å²) in [5.74, 6) is 1.96. The first-order valence-corrected chi connectivity index (χ1v) is 9.91. The Labute approximate surface area is 172 Å². The Bertz CT molecular complexity index is 828. The van der Waals surface area contributed by atoms with Crippen molar-refractivity contribution >= 4 is 33.4 Å². The number of benzene rings is 2. The summed E-state index contributed by atoms with van der Waals surface area (Å²) in [7, 11) is 1.62. The quantitative estimate of drug-likeness (QED) is 0.697. The summed E-state index contributed by atoms with van der Waals surface area (Å²) in [6.45, 7) is 1.57. The molecule has 27 heavy (non-hydrogen) atoms. The molecule has 7 heteroatoms. The van der Waals surface area contributed by atoms with Crippen molar-refractivity contribution in [1.82, 2.24) is 5.32 Å². The number of fused-ring (bicyclic) bond motifs is 1. The van der Waals surface area contributed by atoms with Gasteiger partial charge in [0.05, 0.1) is 29.8 Å². The smallest absolute Gasteiger partial charge is 0.220 e. The Kier molecular flexibility index (Phi) is 6.85. The van der Waals surface area contributed by atoms with Crippen molar-refractivity contribution in [3.05, 3.63) is 51.0 Å². The Morgan fingerprint density at radius 3 is 2.81 bits per heavy atom. The molecule has 2 aromatic rings. The zero-order valence-electron chi connectivity index (χ0n) is 15.0. The fourth-order valence-electron chi connectivity index (χ4n) is 2.80. The highest BCUT2D eigenvalue weighted by Crippen LogP contribution is 2.38. The van der Waals surface area contributed by atoms with Crippen molar-refractivity contribution in [3.63, 3.8) is 0 Å². The van der Waals surface area contributed by atoms with Crippen LogP contribution in [0, 0.1) is 0 Å². The summed E-state index contributed by atoms with van der Waals surface area (Å²) in [6.07, 6.45) is 1.87. The highest BCUT2D eigenvalue weighted by atomic mass is 79.9. The summed E-state index contributed by atoms with van der Waals surface area (Å²) in [6, 6.07) is 9.48. The van der Waals surface area contributed by atoms with Gasteiger partial charge in [-0.3, -0.25) is 4.79 Å². The van der Waals surface area contributed by atoms with E-state index in [9.17, 15) is 4.79 Å². The summed E-state index contributed by atoms with van der Waals surface area (Å²) >= 11 is 9.74. The molecular weight excluding hydrogens is 434 g/mol. The summed E-state index contributed by atoms with van der Waals surface area (Å²) < 4.78 is 17.4. The minimum atomic E-state index is -0.0230. The maximum atomic E-state index is 12.2. The van der Waals surface area contributed by atoms with E-state index in [0.717, 1.165) is 27.8 Å². The number of carbonyl (C=O) groups excluding carboxylic acids is 1. The van der Waals surface area contributed by atoms with Crippen LogP contribution >= 0.6 is 27.5 Å². The van der Waals surface area contributed by atoms with Gasteiger partial charge in [-0.25, -0.2) is 0 Å². The number of aryl methyl sites for hydroxylation is 1. The van der Waals surface area contributed by atoms with E-state index < -0.39 is 0 Å². The van der Waals surface area contributed by atoms with Crippen molar-refractivity contribution in [2.75, 3.05) is 20.3 Å². The van der Waals surface area contributed by atoms with Gasteiger partial charge in [0.2, 0.25) is 5.91 Å². The molecule has 1 amide bonds. The van der Waals surface area contributed by atoms with Crippen LogP contribution in [0.2, 0.25) is 5.02 Å². The van der Waals surface area contributed by atoms with Crippen LogP contribution in [0.15, 0.2) is 34.8 Å². The lowest BCUT2D eigenvalue weighted by Crippen LogP contribution is -2.23. The Hall–Kier alpha value is -1.92. The monoisotopic (exact) mass is 453 g/mol. The summed E-state index contributed by atoms with van der Waals surface area (Å²) in [5.41, 5.74) is 1.95. The molecule has 0 fully saturated rings. The van der Waals surface area contributed by atoms with Crippen LogP contribution < -0.4 is 19.5 Å². The van der Waals surface area contributed by atoms with Gasteiger partial charge in [-0.2, -0.15) is 0 Å². The largest absolute Gasteiger partial charge is 0.496 e. The van der Waals surface area contributed by atoms with Crippen LogP contribution in [0.4, 0.5) is 0 Å². The normalized spacial score (nSPS) is 13.0. The van der Waals surface area contributed by atoms with Crippen molar-refractivity contribution in [3.8, 4) is 17.2 Å². The summed E-state index contributed by atoms with van der Waals surface area (Å²) in [5, 5.41) is 3.43. The molecule has 0 spiro atoms. The second kappa shape index (κ2) is 9.33. The topological polar surface area (TPSA) is 56.8 Å². The highest BCUT2D eigenvalue weighted by Gasteiger charge is 2.16. The molecule has 1 heterocycles. The molecule has 1 aliphatic heterocycles. The number of carbonyl (C=O) groups is 1. The van der Waals surface area contributed by atoms with Crippen molar-refractivity contribution in [2.24, 2.45) is 0 Å². The maximum absolute atomic E-state index is 12.2. The van der Waals surface area contributed by atoms with Gasteiger partial charge in [0.25, 0.3) is 0 Å². The van der Waals surface area contributed by atoms with Crippen LogP contribution in [0.25, 0.3) is 0 Å². The van der Waals surface area contributed by atoms with Gasteiger partial charge in [-0.1, -0.05) is 17.7 Å². The molecule has 0 atom stereocenters. The molecule has 0 aliphatic carbocycles. The van der Waals surface area contributed by atoms with Gasteiger partial charge in [-0.05, 0) is 57.7 Å². The number of rotatable bonds is 6. The molecule has 0 bridgehead atoms. The SMILES string of the molecule is COc1ccc(CCC(=O)NCc2cc(Cl)c3c(c2)OCCCO3)cc1Br. The number of hydrogen-bond donors (Lipinski definition) is 1. The number of halogens is 2. The molecule has 0 saturated carbocycles. The molecular formula is C20H21BrClNO4. The van der Waals surface area contributed by atoms with Crippen LogP contribution in [-0.4, -0.2) is 26.2 Å². The molecule has 2 aromatic carbocycles. The van der Waals surface area contributed by atoms with Gasteiger partial charge < -0.3 is 19.5 Å². The predicted octanol–water partition coefficient (Wildman–Crippen LogP) is 4.52. The second-order valence-electron chi connectivity index (χ2n) is 6.20. The lowest BCUT2D eigenvalue weighted by atomic mass is 10.1. The summed E-state index contributed by atoms with van der Waals surface area (Å²) in [4.78, 5) is 12.2. The third kappa shape index (κ3) is 5.30. The van der Waals surface area contributed by atoms with Gasteiger partial charge in [0.15, 0.2) is 11.5 Å². The predicted molar refractivity (Wildman–Crippen MR) is 108 cm³/mol. The molecule has 1 N–H and O–H groups in total. The lowest BCUT2D eigenvalue weighted by molar-refractivity contribution is -0.121. The number of ether oxygens (including phenoxy) is 3. The molecule has 1 aliphatic rings. The molecule has 0 unspecified atom stereocenters. The van der Waals surface area contributed by atoms with E-state index in [1.54, 1.807) is 13.2 Å². The van der Waals surface area contributed by atoms with Gasteiger partial charge in [-0.15, -0.1) is 0 Å². The average molecular weight is 455 g/mol. The Morgan fingerprint density at radius 1 is 1.22 bits per heavy atom. The number of nitrogens with one attached hydrogen (secondary N) is 1. The fourth-order valence-corrected chi connectivity index (χ4v) is 3.67. The average Bonchev–Trinajstić information content (AvgIpc) is 2.90. The minimum Gasteiger partial charge on any atom is -0.496 e. The van der Waals surface area contributed by atoms with E-state index in [2.05, 4.69) is 21.2 Å². The Morgan fingerprint density at radius 2 is 2.04 bits per heavy atom. The van der Waals surface area contributed by atoms with Crippen LogP contribution in [0.3, 0.4) is 0 Å². The Balaban J connectivity index is 1.54. The first-order chi connectivity index (χ1) is 13.1. The highest BCUT2D eigenvalue weighted by molar-refractivity contribution is 9.10. The zero-order chi connectivity index (χ0) is 19.2. The third-order valence-corrected chi connectivity index (χ3v) is 5.11.